The van der Waals surface area contributed by atoms with Crippen LogP contribution in [0.4, 0.5) is 0 Å². The van der Waals surface area contributed by atoms with Gasteiger partial charge in [0.2, 0.25) is 5.91 Å². The maximum atomic E-state index is 11.4. The molecule has 1 aliphatic rings. The summed E-state index contributed by atoms with van der Waals surface area (Å²) in [7, 11) is 0. The van der Waals surface area contributed by atoms with Gasteiger partial charge in [0.25, 0.3) is 0 Å². The maximum Gasteiger partial charge on any atom is 0.219 e. The average molecular weight is 259 g/mol. The Morgan fingerprint density at radius 3 is 2.47 bits per heavy atom. The fraction of sp³-hybridized carbons (Fsp3) is 0.588. The van der Waals surface area contributed by atoms with Crippen molar-refractivity contribution in [1.82, 2.24) is 5.32 Å². The Kier molecular flexibility index (Phi) is 5.44. The molecule has 0 aliphatic heterocycles. The molecule has 1 saturated carbocycles. The molecule has 1 fully saturated rings. The lowest BCUT2D eigenvalue weighted by molar-refractivity contribution is -0.121. The van der Waals surface area contributed by atoms with Gasteiger partial charge in [0.05, 0.1) is 0 Å². The van der Waals surface area contributed by atoms with Crippen molar-refractivity contribution in [3.8, 4) is 0 Å². The summed E-state index contributed by atoms with van der Waals surface area (Å²) in [4.78, 5) is 11.4. The molecule has 1 aromatic rings. The Labute approximate surface area is 116 Å². The molecule has 104 valence electrons. The van der Waals surface area contributed by atoms with Crippen LogP contribution < -0.4 is 5.32 Å². The van der Waals surface area contributed by atoms with Crippen LogP contribution in [-0.4, -0.2) is 11.9 Å². The summed E-state index contributed by atoms with van der Waals surface area (Å²) in [6, 6.07) is 11.2. The molecule has 0 atom stereocenters. The highest BCUT2D eigenvalue weighted by molar-refractivity contribution is 5.75. The van der Waals surface area contributed by atoms with Crippen LogP contribution in [0, 0.1) is 5.92 Å². The smallest absolute Gasteiger partial charge is 0.219 e. The second-order valence-corrected chi connectivity index (χ2v) is 5.66. The lowest BCUT2D eigenvalue weighted by atomic mass is 9.82. The van der Waals surface area contributed by atoms with E-state index < -0.39 is 0 Å². The summed E-state index contributed by atoms with van der Waals surface area (Å²) in [5.74, 6) is 1.04. The third kappa shape index (κ3) is 4.70. The van der Waals surface area contributed by atoms with E-state index in [4.69, 9.17) is 0 Å². The summed E-state index contributed by atoms with van der Waals surface area (Å²) < 4.78 is 0. The lowest BCUT2D eigenvalue weighted by Crippen LogP contribution is -2.37. The van der Waals surface area contributed by atoms with Crippen LogP contribution in [0.25, 0.3) is 0 Å². The van der Waals surface area contributed by atoms with Crippen molar-refractivity contribution in [3.63, 3.8) is 0 Å². The molecule has 2 heteroatoms. The molecule has 0 radical (unpaired) electrons. The van der Waals surface area contributed by atoms with Gasteiger partial charge >= 0.3 is 0 Å². The minimum absolute atomic E-state index is 0.202. The molecule has 1 amide bonds. The molecule has 0 aromatic heterocycles. The van der Waals surface area contributed by atoms with Crippen molar-refractivity contribution >= 4 is 5.91 Å². The van der Waals surface area contributed by atoms with Gasteiger partial charge in [-0.2, -0.15) is 0 Å². The van der Waals surface area contributed by atoms with Gasteiger partial charge in [0, 0.05) is 12.5 Å². The Bertz CT molecular complexity index is 380. The monoisotopic (exact) mass is 259 g/mol. The highest BCUT2D eigenvalue weighted by Gasteiger charge is 2.21. The number of carbonyl (C=O) groups excluding carboxylic acids is 1. The fourth-order valence-electron chi connectivity index (χ4n) is 2.94. The van der Waals surface area contributed by atoms with E-state index >= 15 is 0 Å². The van der Waals surface area contributed by atoms with Crippen LogP contribution in [0.15, 0.2) is 30.3 Å². The number of aryl methyl sites for hydroxylation is 1. The number of hydrogen-bond acceptors (Lipinski definition) is 1. The Morgan fingerprint density at radius 1 is 1.16 bits per heavy atom. The zero-order valence-corrected chi connectivity index (χ0v) is 11.9. The number of carbonyl (C=O) groups is 1. The van der Waals surface area contributed by atoms with Crippen molar-refractivity contribution in [2.45, 2.75) is 57.9 Å². The van der Waals surface area contributed by atoms with E-state index in [0.29, 0.717) is 12.5 Å². The molecule has 0 saturated heterocycles. The van der Waals surface area contributed by atoms with E-state index in [1.807, 2.05) is 6.92 Å². The van der Waals surface area contributed by atoms with Crippen LogP contribution >= 0.6 is 0 Å². The Hall–Kier alpha value is -1.31. The van der Waals surface area contributed by atoms with E-state index in [-0.39, 0.29) is 5.91 Å². The van der Waals surface area contributed by atoms with Crippen LogP contribution in [0.2, 0.25) is 0 Å². The van der Waals surface area contributed by atoms with Crippen LogP contribution in [0.3, 0.4) is 0 Å². The van der Waals surface area contributed by atoms with Crippen molar-refractivity contribution in [1.29, 1.82) is 0 Å². The first-order valence-electron chi connectivity index (χ1n) is 7.61. The Balaban J connectivity index is 1.67. The molecule has 0 spiro atoms. The van der Waals surface area contributed by atoms with Crippen LogP contribution in [0.1, 0.15) is 51.0 Å². The molecule has 0 heterocycles. The van der Waals surface area contributed by atoms with Crippen molar-refractivity contribution < 1.29 is 4.79 Å². The van der Waals surface area contributed by atoms with Crippen LogP contribution in [-0.2, 0) is 11.2 Å². The van der Waals surface area contributed by atoms with E-state index in [2.05, 4.69) is 35.6 Å². The third-order valence-corrected chi connectivity index (χ3v) is 4.22. The van der Waals surface area contributed by atoms with Gasteiger partial charge in [-0.25, -0.2) is 0 Å². The van der Waals surface area contributed by atoms with E-state index in [1.54, 1.807) is 0 Å². The molecular weight excluding hydrogens is 234 g/mol. The molecule has 2 nitrogen and oxygen atoms in total. The van der Waals surface area contributed by atoms with Gasteiger partial charge in [-0.3, -0.25) is 4.79 Å². The number of benzene rings is 1. The first-order chi connectivity index (χ1) is 9.28. The molecular formula is C17H25NO. The highest BCUT2D eigenvalue weighted by Crippen LogP contribution is 2.28. The van der Waals surface area contributed by atoms with Crippen molar-refractivity contribution in [2.75, 3.05) is 0 Å². The predicted octanol–water partition coefficient (Wildman–Crippen LogP) is 3.70. The van der Waals surface area contributed by atoms with E-state index in [1.165, 1.54) is 31.2 Å². The average Bonchev–Trinajstić information content (AvgIpc) is 2.47. The number of hydrogen-bond donors (Lipinski definition) is 1. The van der Waals surface area contributed by atoms with Gasteiger partial charge < -0.3 is 5.32 Å². The van der Waals surface area contributed by atoms with Gasteiger partial charge in [0.15, 0.2) is 0 Å². The molecule has 0 unspecified atom stereocenters. The normalized spacial score (nSPS) is 23.0. The minimum Gasteiger partial charge on any atom is -0.353 e. The van der Waals surface area contributed by atoms with E-state index in [0.717, 1.165) is 18.8 Å². The van der Waals surface area contributed by atoms with Crippen LogP contribution in [0.5, 0.6) is 0 Å². The second-order valence-electron chi connectivity index (χ2n) is 5.66. The topological polar surface area (TPSA) is 29.1 Å². The quantitative estimate of drug-likeness (QED) is 0.858. The third-order valence-electron chi connectivity index (χ3n) is 4.22. The van der Waals surface area contributed by atoms with Gasteiger partial charge in [0.1, 0.15) is 0 Å². The predicted molar refractivity (Wildman–Crippen MR) is 78.9 cm³/mol. The zero-order chi connectivity index (χ0) is 13.5. The highest BCUT2D eigenvalue weighted by atomic mass is 16.1. The standard InChI is InChI=1S/C17H25NO/c1-2-17(19)18-16-12-10-15(11-13-16)9-8-14-6-4-3-5-7-14/h3-7,15-16H,2,8-13H2,1H3,(H,18,19). The molecule has 2 rings (SSSR count). The molecule has 0 bridgehead atoms. The van der Waals surface area contributed by atoms with Crippen molar-refractivity contribution in [2.24, 2.45) is 5.92 Å². The van der Waals surface area contributed by atoms with Gasteiger partial charge in [-0.05, 0) is 50.0 Å². The summed E-state index contributed by atoms with van der Waals surface area (Å²) in [5.41, 5.74) is 1.45. The molecule has 1 N–H and O–H groups in total. The number of amides is 1. The SMILES string of the molecule is CCC(=O)NC1CCC(CCc2ccccc2)CC1. The summed E-state index contributed by atoms with van der Waals surface area (Å²) in [6.07, 6.45) is 7.93. The molecule has 1 aromatic carbocycles. The second kappa shape index (κ2) is 7.32. The number of nitrogens with one attached hydrogen (secondary N) is 1. The summed E-state index contributed by atoms with van der Waals surface area (Å²) in [5, 5.41) is 3.12. The number of rotatable bonds is 5. The maximum absolute atomic E-state index is 11.4. The first-order valence-corrected chi connectivity index (χ1v) is 7.61. The summed E-state index contributed by atoms with van der Waals surface area (Å²) in [6.45, 7) is 1.92. The fourth-order valence-corrected chi connectivity index (χ4v) is 2.94. The Morgan fingerprint density at radius 2 is 1.84 bits per heavy atom. The zero-order valence-electron chi connectivity index (χ0n) is 11.9. The first kappa shape index (κ1) is 14.1. The minimum atomic E-state index is 0.202. The molecule has 1 aliphatic carbocycles. The summed E-state index contributed by atoms with van der Waals surface area (Å²) >= 11 is 0. The van der Waals surface area contributed by atoms with Gasteiger partial charge in [-0.15, -0.1) is 0 Å². The molecule has 19 heavy (non-hydrogen) atoms. The lowest BCUT2D eigenvalue weighted by Gasteiger charge is -2.29. The largest absolute Gasteiger partial charge is 0.353 e. The van der Waals surface area contributed by atoms with Gasteiger partial charge in [-0.1, -0.05) is 37.3 Å². The van der Waals surface area contributed by atoms with Crippen molar-refractivity contribution in [3.05, 3.63) is 35.9 Å². The van der Waals surface area contributed by atoms with E-state index in [9.17, 15) is 4.79 Å².